The van der Waals surface area contributed by atoms with Gasteiger partial charge in [-0.1, -0.05) is 30.3 Å². The van der Waals surface area contributed by atoms with Gasteiger partial charge in [-0.15, -0.1) is 11.8 Å². The van der Waals surface area contributed by atoms with Crippen LogP contribution in [0.2, 0.25) is 0 Å². The molecule has 2 rings (SSSR count). The van der Waals surface area contributed by atoms with Crippen molar-refractivity contribution in [2.75, 3.05) is 19.5 Å². The van der Waals surface area contributed by atoms with E-state index in [0.717, 1.165) is 11.5 Å². The van der Waals surface area contributed by atoms with Gasteiger partial charge in [0.05, 0.1) is 13.7 Å². The maximum Gasteiger partial charge on any atom is 0.118 e. The number of hydrogen-bond donors (Lipinski definition) is 1. The van der Waals surface area contributed by atoms with Gasteiger partial charge in [-0.25, -0.2) is 0 Å². The van der Waals surface area contributed by atoms with Crippen molar-refractivity contribution in [2.24, 2.45) is 0 Å². The van der Waals surface area contributed by atoms with E-state index >= 15 is 0 Å². The highest BCUT2D eigenvalue weighted by molar-refractivity contribution is 7.99. The average Bonchev–Trinajstić information content (AvgIpc) is 2.49. The summed E-state index contributed by atoms with van der Waals surface area (Å²) < 4.78 is 5.14. The molecule has 0 saturated carbocycles. The quantitative estimate of drug-likeness (QED) is 0.817. The molecule has 100 valence electrons. The number of aliphatic hydroxyl groups is 1. The first-order valence-electron chi connectivity index (χ1n) is 6.26. The smallest absolute Gasteiger partial charge is 0.118 e. The largest absolute Gasteiger partial charge is 0.497 e. The molecule has 0 aliphatic rings. The lowest BCUT2D eigenvalue weighted by Gasteiger charge is -2.14. The van der Waals surface area contributed by atoms with E-state index in [1.165, 1.54) is 10.5 Å². The lowest BCUT2D eigenvalue weighted by molar-refractivity contribution is 0.275. The first kappa shape index (κ1) is 14.0. The third kappa shape index (κ3) is 4.01. The summed E-state index contributed by atoms with van der Waals surface area (Å²) in [4.78, 5) is 1.19. The third-order valence-electron chi connectivity index (χ3n) is 3.00. The van der Waals surface area contributed by atoms with E-state index in [4.69, 9.17) is 4.74 Å². The summed E-state index contributed by atoms with van der Waals surface area (Å²) in [5, 5.41) is 9.51. The van der Waals surface area contributed by atoms with E-state index < -0.39 is 0 Å². The van der Waals surface area contributed by atoms with Crippen molar-refractivity contribution in [3.8, 4) is 5.75 Å². The van der Waals surface area contributed by atoms with Crippen molar-refractivity contribution < 1.29 is 9.84 Å². The molecule has 3 heteroatoms. The van der Waals surface area contributed by atoms with E-state index in [2.05, 4.69) is 12.1 Å². The maximum atomic E-state index is 9.51. The van der Waals surface area contributed by atoms with Crippen molar-refractivity contribution >= 4 is 11.8 Å². The average molecular weight is 274 g/mol. The second kappa shape index (κ2) is 7.22. The zero-order valence-corrected chi connectivity index (χ0v) is 11.8. The molecule has 0 bridgehead atoms. The highest BCUT2D eigenvalue weighted by Gasteiger charge is 2.10. The highest BCUT2D eigenvalue weighted by Crippen LogP contribution is 2.27. The second-order valence-electron chi connectivity index (χ2n) is 4.28. The van der Waals surface area contributed by atoms with E-state index in [-0.39, 0.29) is 12.5 Å². The van der Waals surface area contributed by atoms with Crippen LogP contribution in [0.25, 0.3) is 0 Å². The lowest BCUT2D eigenvalue weighted by atomic mass is 10.0. The van der Waals surface area contributed by atoms with Gasteiger partial charge in [-0.05, 0) is 29.8 Å². The molecule has 2 nitrogen and oxygen atoms in total. The van der Waals surface area contributed by atoms with Crippen LogP contribution >= 0.6 is 11.8 Å². The Kier molecular flexibility index (Phi) is 5.31. The maximum absolute atomic E-state index is 9.51. The summed E-state index contributed by atoms with van der Waals surface area (Å²) in [6, 6.07) is 18.1. The molecule has 1 atom stereocenters. The van der Waals surface area contributed by atoms with E-state index in [0.29, 0.717) is 0 Å². The minimum absolute atomic E-state index is 0.174. The minimum Gasteiger partial charge on any atom is -0.497 e. The van der Waals surface area contributed by atoms with Crippen LogP contribution in [-0.4, -0.2) is 24.6 Å². The summed E-state index contributed by atoms with van der Waals surface area (Å²) in [6.07, 6.45) is 0. The van der Waals surface area contributed by atoms with Gasteiger partial charge in [0.1, 0.15) is 5.75 Å². The number of benzene rings is 2. The van der Waals surface area contributed by atoms with E-state index in [1.54, 1.807) is 18.9 Å². The minimum atomic E-state index is 0.174. The Labute approximate surface area is 118 Å². The van der Waals surface area contributed by atoms with Gasteiger partial charge in [0.2, 0.25) is 0 Å². The zero-order chi connectivity index (χ0) is 13.5. The van der Waals surface area contributed by atoms with Crippen molar-refractivity contribution in [1.29, 1.82) is 0 Å². The summed E-state index contributed by atoms with van der Waals surface area (Å²) in [6.45, 7) is 0.174. The van der Waals surface area contributed by atoms with Gasteiger partial charge in [-0.2, -0.15) is 0 Å². The molecule has 0 saturated heterocycles. The number of rotatable bonds is 6. The predicted molar refractivity (Wildman–Crippen MR) is 80.0 cm³/mol. The molecule has 0 aliphatic carbocycles. The third-order valence-corrected chi connectivity index (χ3v) is 4.18. The first-order chi connectivity index (χ1) is 9.33. The summed E-state index contributed by atoms with van der Waals surface area (Å²) in [7, 11) is 1.67. The first-order valence-corrected chi connectivity index (χ1v) is 7.24. The molecule has 0 spiro atoms. The Morgan fingerprint density at radius 3 is 2.32 bits per heavy atom. The number of methoxy groups -OCH3 is 1. The Morgan fingerprint density at radius 2 is 1.74 bits per heavy atom. The van der Waals surface area contributed by atoms with Crippen LogP contribution in [0.3, 0.4) is 0 Å². The molecule has 0 aliphatic heterocycles. The van der Waals surface area contributed by atoms with Crippen LogP contribution in [0.5, 0.6) is 5.75 Å². The fraction of sp³-hybridized carbons (Fsp3) is 0.250. The predicted octanol–water partition coefficient (Wildman–Crippen LogP) is 3.56. The van der Waals surface area contributed by atoms with Gasteiger partial charge < -0.3 is 9.84 Å². The molecule has 2 aromatic rings. The van der Waals surface area contributed by atoms with Crippen LogP contribution < -0.4 is 4.74 Å². The van der Waals surface area contributed by atoms with Gasteiger partial charge in [-0.3, -0.25) is 0 Å². The molecule has 1 N–H and O–H groups in total. The summed E-state index contributed by atoms with van der Waals surface area (Å²) >= 11 is 1.75. The van der Waals surface area contributed by atoms with Crippen molar-refractivity contribution in [3.63, 3.8) is 0 Å². The second-order valence-corrected chi connectivity index (χ2v) is 5.37. The molecule has 0 heterocycles. The Morgan fingerprint density at radius 1 is 1.05 bits per heavy atom. The van der Waals surface area contributed by atoms with E-state index in [1.807, 2.05) is 42.5 Å². The molecule has 0 aromatic heterocycles. The monoisotopic (exact) mass is 274 g/mol. The molecule has 0 fully saturated rings. The number of thioether (sulfide) groups is 1. The van der Waals surface area contributed by atoms with Crippen LogP contribution in [0.4, 0.5) is 0 Å². The van der Waals surface area contributed by atoms with Crippen LogP contribution in [0, 0.1) is 0 Å². The molecular formula is C16H18O2S. The normalized spacial score (nSPS) is 12.1. The standard InChI is InChI=1S/C16H18O2S/c1-18-15-7-9-16(10-8-15)19-12-14(11-17)13-5-3-2-4-6-13/h2-10,14,17H,11-12H2,1H3/t14-/m1/s1. The van der Waals surface area contributed by atoms with Crippen LogP contribution in [-0.2, 0) is 0 Å². The fourth-order valence-corrected chi connectivity index (χ4v) is 2.87. The molecule has 0 radical (unpaired) electrons. The Balaban J connectivity index is 1.96. The highest BCUT2D eigenvalue weighted by atomic mass is 32.2. The number of aliphatic hydroxyl groups excluding tert-OH is 1. The molecule has 0 unspecified atom stereocenters. The van der Waals surface area contributed by atoms with Crippen LogP contribution in [0.1, 0.15) is 11.5 Å². The Hall–Kier alpha value is -1.45. The number of ether oxygens (including phenoxy) is 1. The fourth-order valence-electron chi connectivity index (χ4n) is 1.85. The van der Waals surface area contributed by atoms with Crippen LogP contribution in [0.15, 0.2) is 59.5 Å². The van der Waals surface area contributed by atoms with Gasteiger partial charge >= 0.3 is 0 Å². The summed E-state index contributed by atoms with van der Waals surface area (Å²) in [5.74, 6) is 1.91. The molecule has 0 amide bonds. The van der Waals surface area contributed by atoms with Gasteiger partial charge in [0.15, 0.2) is 0 Å². The molecule has 19 heavy (non-hydrogen) atoms. The van der Waals surface area contributed by atoms with Crippen molar-refractivity contribution in [3.05, 3.63) is 60.2 Å². The molecular weight excluding hydrogens is 256 g/mol. The van der Waals surface area contributed by atoms with Gasteiger partial charge in [0, 0.05) is 16.6 Å². The van der Waals surface area contributed by atoms with Crippen molar-refractivity contribution in [1.82, 2.24) is 0 Å². The number of hydrogen-bond acceptors (Lipinski definition) is 3. The van der Waals surface area contributed by atoms with Gasteiger partial charge in [0.25, 0.3) is 0 Å². The molecule has 2 aromatic carbocycles. The lowest BCUT2D eigenvalue weighted by Crippen LogP contribution is -2.06. The Bertz CT molecular complexity index is 482. The summed E-state index contributed by atoms with van der Waals surface area (Å²) in [5.41, 5.74) is 1.19. The van der Waals surface area contributed by atoms with E-state index in [9.17, 15) is 5.11 Å². The van der Waals surface area contributed by atoms with Crippen molar-refractivity contribution in [2.45, 2.75) is 10.8 Å². The topological polar surface area (TPSA) is 29.5 Å². The SMILES string of the molecule is COc1ccc(SC[C@@H](CO)c2ccccc2)cc1. The zero-order valence-electron chi connectivity index (χ0n) is 11.0.